The Balaban J connectivity index is 0.000000437. The Kier molecular flexibility index (Phi) is 5.34. The molecule has 0 heterocycles. The van der Waals surface area contributed by atoms with Crippen LogP contribution in [0.2, 0.25) is 0 Å². The summed E-state index contributed by atoms with van der Waals surface area (Å²) in [6.45, 7) is 2.10. The molecule has 0 aliphatic rings. The van der Waals surface area contributed by atoms with Crippen LogP contribution in [-0.4, -0.2) is 6.15 Å². The molecule has 2 aromatic carbocycles. The van der Waals surface area contributed by atoms with E-state index in [4.69, 9.17) is 9.59 Å². The summed E-state index contributed by atoms with van der Waals surface area (Å²) in [6.07, 6.45) is 0.250. The number of rotatable bonds is 1. The number of halogens is 1. The molecule has 3 heteroatoms. The quantitative estimate of drug-likeness (QED) is 0.800. The maximum atomic E-state index is 8.12. The van der Waals surface area contributed by atoms with Crippen LogP contribution >= 0.6 is 15.9 Å². The summed E-state index contributed by atoms with van der Waals surface area (Å²) in [4.78, 5) is 16.2. The van der Waals surface area contributed by atoms with Gasteiger partial charge in [-0.3, -0.25) is 0 Å². The van der Waals surface area contributed by atoms with Gasteiger partial charge in [0.05, 0.1) is 0 Å². The average Bonchev–Trinajstić information content (AvgIpc) is 2.32. The first-order valence-electron chi connectivity index (χ1n) is 4.99. The van der Waals surface area contributed by atoms with Crippen LogP contribution in [0.4, 0.5) is 0 Å². The fraction of sp³-hybridized carbons (Fsp3) is 0.0714. The lowest BCUT2D eigenvalue weighted by Gasteiger charge is -2.01. The van der Waals surface area contributed by atoms with E-state index in [1.54, 1.807) is 0 Å². The molecule has 0 aliphatic heterocycles. The molecule has 0 atom stereocenters. The monoisotopic (exact) mass is 290 g/mol. The maximum Gasteiger partial charge on any atom is 0.373 e. The molecule has 0 fully saturated rings. The normalized spacial score (nSPS) is 8.82. The van der Waals surface area contributed by atoms with Gasteiger partial charge in [-0.25, -0.2) is 0 Å². The van der Waals surface area contributed by atoms with Crippen LogP contribution < -0.4 is 0 Å². The van der Waals surface area contributed by atoms with Gasteiger partial charge in [0.1, 0.15) is 0 Å². The molecule has 0 bridgehead atoms. The van der Waals surface area contributed by atoms with Crippen LogP contribution in [0.5, 0.6) is 0 Å². The molecule has 86 valence electrons. The molecule has 17 heavy (non-hydrogen) atoms. The lowest BCUT2D eigenvalue weighted by Crippen LogP contribution is -1.77. The molecule has 0 amide bonds. The topological polar surface area (TPSA) is 34.1 Å². The first-order chi connectivity index (χ1) is 8.17. The molecule has 2 aromatic rings. The van der Waals surface area contributed by atoms with E-state index in [9.17, 15) is 0 Å². The van der Waals surface area contributed by atoms with Gasteiger partial charge in [-0.05, 0) is 30.2 Å². The minimum absolute atomic E-state index is 0.250. The average molecular weight is 291 g/mol. The zero-order chi connectivity index (χ0) is 12.7. The van der Waals surface area contributed by atoms with Gasteiger partial charge in [0, 0.05) is 4.47 Å². The molecule has 0 saturated carbocycles. The number of hydrogen-bond acceptors (Lipinski definition) is 2. The Bertz CT molecular complexity index is 451. The van der Waals surface area contributed by atoms with Crippen molar-refractivity contribution < 1.29 is 9.59 Å². The number of aryl methyl sites for hydroxylation is 1. The highest BCUT2D eigenvalue weighted by atomic mass is 79.9. The molecular formula is C14H11BrO2. The molecule has 0 N–H and O–H groups in total. The van der Waals surface area contributed by atoms with Gasteiger partial charge in [0.2, 0.25) is 0 Å². The van der Waals surface area contributed by atoms with E-state index in [0.29, 0.717) is 0 Å². The first-order valence-corrected chi connectivity index (χ1v) is 5.78. The number of carbonyl (C=O) groups excluding carboxylic acids is 2. The fourth-order valence-electron chi connectivity index (χ4n) is 1.39. The molecule has 0 radical (unpaired) electrons. The molecule has 0 spiro atoms. The van der Waals surface area contributed by atoms with E-state index in [1.165, 1.54) is 16.7 Å². The summed E-state index contributed by atoms with van der Waals surface area (Å²) < 4.78 is 1.12. The van der Waals surface area contributed by atoms with Gasteiger partial charge in [0.15, 0.2) is 0 Å². The lowest BCUT2D eigenvalue weighted by molar-refractivity contribution is -0.191. The highest BCUT2D eigenvalue weighted by Gasteiger charge is 1.95. The third-order valence-corrected chi connectivity index (χ3v) is 2.76. The molecule has 0 saturated heterocycles. The fourth-order valence-corrected chi connectivity index (χ4v) is 1.65. The predicted octanol–water partition coefficient (Wildman–Crippen LogP) is 3.84. The summed E-state index contributed by atoms with van der Waals surface area (Å²) in [5, 5.41) is 0. The van der Waals surface area contributed by atoms with E-state index in [1.807, 2.05) is 0 Å². The third-order valence-electron chi connectivity index (χ3n) is 2.23. The minimum Gasteiger partial charge on any atom is -0.186 e. The lowest BCUT2D eigenvalue weighted by atomic mass is 10.0. The second-order valence-electron chi connectivity index (χ2n) is 3.46. The molecular weight excluding hydrogens is 280 g/mol. The maximum absolute atomic E-state index is 8.12. The van der Waals surface area contributed by atoms with Gasteiger partial charge < -0.3 is 0 Å². The SMILES string of the molecule is Cc1ccc(-c2ccc(Br)cc2)cc1.O=C=O. The van der Waals surface area contributed by atoms with Crippen molar-refractivity contribution in [2.75, 3.05) is 0 Å². The van der Waals surface area contributed by atoms with Crippen molar-refractivity contribution in [3.8, 4) is 11.1 Å². The Morgan fingerprint density at radius 1 is 0.824 bits per heavy atom. The summed E-state index contributed by atoms with van der Waals surface area (Å²) in [6, 6.07) is 16.9. The van der Waals surface area contributed by atoms with E-state index >= 15 is 0 Å². The Hall–Kier alpha value is -1.70. The van der Waals surface area contributed by atoms with Crippen molar-refractivity contribution in [3.63, 3.8) is 0 Å². The van der Waals surface area contributed by atoms with Crippen LogP contribution in [-0.2, 0) is 9.59 Å². The second kappa shape index (κ2) is 6.79. The Labute approximate surface area is 108 Å². The van der Waals surface area contributed by atoms with Gasteiger partial charge >= 0.3 is 6.15 Å². The third kappa shape index (κ3) is 4.35. The van der Waals surface area contributed by atoms with Crippen LogP contribution in [0.15, 0.2) is 53.0 Å². The van der Waals surface area contributed by atoms with Crippen LogP contribution in [0.3, 0.4) is 0 Å². The minimum atomic E-state index is 0.250. The summed E-state index contributed by atoms with van der Waals surface area (Å²) >= 11 is 3.43. The molecule has 0 aromatic heterocycles. The van der Waals surface area contributed by atoms with Gasteiger partial charge in [0.25, 0.3) is 0 Å². The van der Waals surface area contributed by atoms with Gasteiger partial charge in [-0.2, -0.15) is 9.59 Å². The smallest absolute Gasteiger partial charge is 0.186 e. The van der Waals surface area contributed by atoms with Crippen molar-refractivity contribution in [2.45, 2.75) is 6.92 Å². The second-order valence-corrected chi connectivity index (χ2v) is 4.37. The first kappa shape index (κ1) is 13.4. The van der Waals surface area contributed by atoms with Crippen LogP contribution in [0.1, 0.15) is 5.56 Å². The van der Waals surface area contributed by atoms with Crippen molar-refractivity contribution in [2.24, 2.45) is 0 Å². The number of hydrogen-bond donors (Lipinski definition) is 0. The van der Waals surface area contributed by atoms with Crippen molar-refractivity contribution in [1.82, 2.24) is 0 Å². The van der Waals surface area contributed by atoms with Crippen molar-refractivity contribution in [1.29, 1.82) is 0 Å². The van der Waals surface area contributed by atoms with E-state index in [0.717, 1.165) is 4.47 Å². The molecule has 2 rings (SSSR count). The van der Waals surface area contributed by atoms with Crippen LogP contribution in [0.25, 0.3) is 11.1 Å². The van der Waals surface area contributed by atoms with Gasteiger partial charge in [-0.1, -0.05) is 57.9 Å². The molecule has 0 aliphatic carbocycles. The largest absolute Gasteiger partial charge is 0.373 e. The number of benzene rings is 2. The van der Waals surface area contributed by atoms with Crippen molar-refractivity contribution in [3.05, 3.63) is 58.6 Å². The Morgan fingerprint density at radius 3 is 1.59 bits per heavy atom. The standard InChI is InChI=1S/C13H11Br.CO2/c1-10-2-4-11(5-3-10)12-6-8-13(14)9-7-12;2-1-3/h2-9H,1H3;. The predicted molar refractivity (Wildman–Crippen MR) is 69.3 cm³/mol. The van der Waals surface area contributed by atoms with E-state index in [-0.39, 0.29) is 6.15 Å². The van der Waals surface area contributed by atoms with E-state index in [2.05, 4.69) is 71.4 Å². The summed E-state index contributed by atoms with van der Waals surface area (Å²) in [7, 11) is 0. The highest BCUT2D eigenvalue weighted by molar-refractivity contribution is 9.10. The molecule has 2 nitrogen and oxygen atoms in total. The summed E-state index contributed by atoms with van der Waals surface area (Å²) in [5.74, 6) is 0. The highest BCUT2D eigenvalue weighted by Crippen LogP contribution is 2.21. The summed E-state index contributed by atoms with van der Waals surface area (Å²) in [5.41, 5.74) is 3.82. The van der Waals surface area contributed by atoms with E-state index < -0.39 is 0 Å². The van der Waals surface area contributed by atoms with Gasteiger partial charge in [-0.15, -0.1) is 0 Å². The van der Waals surface area contributed by atoms with Crippen LogP contribution in [0, 0.1) is 6.92 Å². The zero-order valence-corrected chi connectivity index (χ0v) is 10.9. The zero-order valence-electron chi connectivity index (χ0n) is 9.31. The Morgan fingerprint density at radius 2 is 1.18 bits per heavy atom. The molecule has 0 unspecified atom stereocenters. The van der Waals surface area contributed by atoms with Crippen molar-refractivity contribution >= 4 is 22.1 Å².